The van der Waals surface area contributed by atoms with Crippen molar-refractivity contribution in [3.05, 3.63) is 18.2 Å². The van der Waals surface area contributed by atoms with E-state index in [9.17, 15) is 0 Å². The van der Waals surface area contributed by atoms with Crippen molar-refractivity contribution in [3.63, 3.8) is 0 Å². The number of nitrogens with two attached hydrogens (primary N) is 2. The number of imidazole rings is 1. The Labute approximate surface area is 144 Å². The van der Waals surface area contributed by atoms with E-state index in [4.69, 9.17) is 11.5 Å². The highest BCUT2D eigenvalue weighted by molar-refractivity contribution is 5.84. The first-order chi connectivity index (χ1) is 11.9. The molecule has 1 fully saturated rings. The SMILES string of the molecule is CC(C)(N)c1cn(C2CCN(c3nc(N)nc4nc[nH]c34)CC2)nn1. The summed E-state index contributed by atoms with van der Waals surface area (Å²) in [5.41, 5.74) is 13.6. The lowest BCUT2D eigenvalue weighted by molar-refractivity contribution is 0.359. The highest BCUT2D eigenvalue weighted by Crippen LogP contribution is 2.29. The quantitative estimate of drug-likeness (QED) is 0.627. The molecule has 0 bridgehead atoms. The molecule has 0 atom stereocenters. The Morgan fingerprint density at radius 1 is 1.24 bits per heavy atom. The largest absolute Gasteiger partial charge is 0.368 e. The molecule has 4 rings (SSSR count). The van der Waals surface area contributed by atoms with Crippen molar-refractivity contribution >= 4 is 22.9 Å². The second-order valence-electron chi connectivity index (χ2n) is 7.03. The minimum atomic E-state index is -0.482. The third-order valence-electron chi connectivity index (χ3n) is 4.59. The number of nitrogens with one attached hydrogen (secondary N) is 1. The van der Waals surface area contributed by atoms with Gasteiger partial charge in [-0.15, -0.1) is 5.10 Å². The van der Waals surface area contributed by atoms with Crippen molar-refractivity contribution in [1.82, 2.24) is 34.9 Å². The fourth-order valence-corrected chi connectivity index (χ4v) is 3.16. The number of hydrogen-bond donors (Lipinski definition) is 3. The van der Waals surface area contributed by atoms with Gasteiger partial charge in [-0.1, -0.05) is 5.21 Å². The predicted octanol–water partition coefficient (Wildman–Crippen LogP) is 0.562. The van der Waals surface area contributed by atoms with Crippen LogP contribution < -0.4 is 16.4 Å². The van der Waals surface area contributed by atoms with Crippen LogP contribution in [0.4, 0.5) is 11.8 Å². The Kier molecular flexibility index (Phi) is 3.57. The molecule has 0 spiro atoms. The van der Waals surface area contributed by atoms with E-state index in [-0.39, 0.29) is 5.95 Å². The number of nitrogens with zero attached hydrogens (tertiary/aromatic N) is 7. The first-order valence-corrected chi connectivity index (χ1v) is 8.34. The Hall–Kier alpha value is -2.75. The Morgan fingerprint density at radius 3 is 2.68 bits per heavy atom. The lowest BCUT2D eigenvalue weighted by Gasteiger charge is -2.32. The maximum absolute atomic E-state index is 6.10. The minimum absolute atomic E-state index is 0.239. The molecule has 3 aromatic rings. The average molecular weight is 342 g/mol. The second-order valence-corrected chi connectivity index (χ2v) is 7.03. The molecule has 0 unspecified atom stereocenters. The van der Waals surface area contributed by atoms with Gasteiger partial charge in [0.25, 0.3) is 0 Å². The summed E-state index contributed by atoms with van der Waals surface area (Å²) in [6.07, 6.45) is 5.44. The fourth-order valence-electron chi connectivity index (χ4n) is 3.16. The average Bonchev–Trinajstić information content (AvgIpc) is 3.23. The molecule has 1 aliphatic heterocycles. The fraction of sp³-hybridized carbons (Fsp3) is 0.533. The molecule has 1 aliphatic rings. The van der Waals surface area contributed by atoms with Gasteiger partial charge >= 0.3 is 0 Å². The number of fused-ring (bicyclic) bond motifs is 1. The van der Waals surface area contributed by atoms with Crippen molar-refractivity contribution in [2.45, 2.75) is 38.3 Å². The molecule has 10 heteroatoms. The molecule has 5 N–H and O–H groups in total. The molecule has 132 valence electrons. The van der Waals surface area contributed by atoms with Crippen LogP contribution >= 0.6 is 0 Å². The van der Waals surface area contributed by atoms with Crippen LogP contribution in [0.5, 0.6) is 0 Å². The van der Waals surface area contributed by atoms with Gasteiger partial charge in [0, 0.05) is 13.1 Å². The molecular formula is C15H22N10. The summed E-state index contributed by atoms with van der Waals surface area (Å²) in [5, 5.41) is 8.48. The van der Waals surface area contributed by atoms with Gasteiger partial charge in [-0.2, -0.15) is 9.97 Å². The number of H-pyrrole nitrogens is 1. The summed E-state index contributed by atoms with van der Waals surface area (Å²) in [5.74, 6) is 1.05. The molecule has 10 nitrogen and oxygen atoms in total. The van der Waals surface area contributed by atoms with Crippen molar-refractivity contribution in [3.8, 4) is 0 Å². The van der Waals surface area contributed by atoms with Gasteiger partial charge in [-0.05, 0) is 26.7 Å². The van der Waals surface area contributed by atoms with Crippen molar-refractivity contribution in [2.75, 3.05) is 23.7 Å². The molecule has 1 saturated heterocycles. The van der Waals surface area contributed by atoms with Crippen molar-refractivity contribution in [1.29, 1.82) is 0 Å². The van der Waals surface area contributed by atoms with E-state index >= 15 is 0 Å². The van der Waals surface area contributed by atoms with Crippen LogP contribution in [-0.4, -0.2) is 48.0 Å². The third kappa shape index (κ3) is 2.88. The zero-order valence-electron chi connectivity index (χ0n) is 14.3. The highest BCUT2D eigenvalue weighted by atomic mass is 15.4. The maximum atomic E-state index is 6.10. The standard InChI is InChI=1S/C15H22N10/c1-15(2,17)10-7-25(23-22-10)9-3-5-24(6-4-9)13-11-12(19-8-18-11)20-14(16)21-13/h7-9H,3-6,17H2,1-2H3,(H3,16,18,19,20,21). The Balaban J connectivity index is 1.51. The van der Waals surface area contributed by atoms with E-state index in [0.29, 0.717) is 11.7 Å². The monoisotopic (exact) mass is 342 g/mol. The molecule has 0 saturated carbocycles. The third-order valence-corrected chi connectivity index (χ3v) is 4.59. The smallest absolute Gasteiger partial charge is 0.224 e. The predicted molar refractivity (Wildman–Crippen MR) is 93.8 cm³/mol. The van der Waals surface area contributed by atoms with E-state index in [2.05, 4.69) is 35.1 Å². The van der Waals surface area contributed by atoms with Gasteiger partial charge in [0.2, 0.25) is 5.95 Å². The minimum Gasteiger partial charge on any atom is -0.368 e. The van der Waals surface area contributed by atoms with Gasteiger partial charge in [0.15, 0.2) is 11.5 Å². The van der Waals surface area contributed by atoms with E-state index in [0.717, 1.165) is 43.0 Å². The molecule has 25 heavy (non-hydrogen) atoms. The summed E-state index contributed by atoms with van der Waals surface area (Å²) < 4.78 is 1.93. The number of hydrogen-bond acceptors (Lipinski definition) is 8. The number of nitrogen functional groups attached to an aromatic ring is 1. The Morgan fingerprint density at radius 2 is 2.00 bits per heavy atom. The van der Waals surface area contributed by atoms with Crippen molar-refractivity contribution < 1.29 is 0 Å². The van der Waals surface area contributed by atoms with Crippen molar-refractivity contribution in [2.24, 2.45) is 5.73 Å². The molecule has 0 aromatic carbocycles. The van der Waals surface area contributed by atoms with Gasteiger partial charge in [-0.3, -0.25) is 0 Å². The van der Waals surface area contributed by atoms with E-state index in [1.54, 1.807) is 6.33 Å². The number of rotatable bonds is 3. The molecule has 0 aliphatic carbocycles. The second kappa shape index (κ2) is 5.66. The van der Waals surface area contributed by atoms with Crippen LogP contribution in [0.1, 0.15) is 38.4 Å². The highest BCUT2D eigenvalue weighted by Gasteiger charge is 2.26. The Bertz CT molecular complexity index is 881. The number of aromatic nitrogens is 7. The molecule has 4 heterocycles. The number of piperidine rings is 1. The van der Waals surface area contributed by atoms with Gasteiger partial charge < -0.3 is 21.4 Å². The lowest BCUT2D eigenvalue weighted by atomic mass is 10.0. The van der Waals surface area contributed by atoms with Gasteiger partial charge in [0.05, 0.1) is 24.1 Å². The van der Waals surface area contributed by atoms with Crippen LogP contribution in [0.2, 0.25) is 0 Å². The molecule has 3 aromatic heterocycles. The summed E-state index contributed by atoms with van der Waals surface area (Å²) in [6.45, 7) is 5.55. The molecule has 0 amide bonds. The van der Waals surface area contributed by atoms with Crippen LogP contribution in [0.25, 0.3) is 11.2 Å². The van der Waals surface area contributed by atoms with Crippen LogP contribution in [0, 0.1) is 0 Å². The molecular weight excluding hydrogens is 320 g/mol. The summed E-state index contributed by atoms with van der Waals surface area (Å²) in [6, 6.07) is 0.302. The topological polar surface area (TPSA) is 140 Å². The summed E-state index contributed by atoms with van der Waals surface area (Å²) in [4.78, 5) is 18.0. The normalized spacial score (nSPS) is 16.7. The number of anilines is 2. The van der Waals surface area contributed by atoms with E-state index in [1.807, 2.05) is 24.7 Å². The maximum Gasteiger partial charge on any atom is 0.224 e. The molecule has 0 radical (unpaired) electrons. The van der Waals surface area contributed by atoms with Crippen LogP contribution in [0.15, 0.2) is 12.5 Å². The van der Waals surface area contributed by atoms with Crippen LogP contribution in [0.3, 0.4) is 0 Å². The first-order valence-electron chi connectivity index (χ1n) is 8.34. The van der Waals surface area contributed by atoms with Gasteiger partial charge in [-0.25, -0.2) is 9.67 Å². The zero-order chi connectivity index (χ0) is 17.6. The number of aromatic amines is 1. The first kappa shape index (κ1) is 15.8. The van der Waals surface area contributed by atoms with Gasteiger partial charge in [0.1, 0.15) is 11.2 Å². The van der Waals surface area contributed by atoms with Crippen LogP contribution in [-0.2, 0) is 5.54 Å². The lowest BCUT2D eigenvalue weighted by Crippen LogP contribution is -2.35. The summed E-state index contributed by atoms with van der Waals surface area (Å²) in [7, 11) is 0. The summed E-state index contributed by atoms with van der Waals surface area (Å²) >= 11 is 0. The zero-order valence-corrected chi connectivity index (χ0v) is 14.3. The van der Waals surface area contributed by atoms with E-state index < -0.39 is 5.54 Å². The van der Waals surface area contributed by atoms with E-state index in [1.165, 1.54) is 0 Å².